The van der Waals surface area contributed by atoms with Crippen LogP contribution >= 0.6 is 0 Å². The van der Waals surface area contributed by atoms with Crippen molar-refractivity contribution in [3.05, 3.63) is 70.3 Å². The van der Waals surface area contributed by atoms with Crippen molar-refractivity contribution in [3.8, 4) is 5.75 Å². The lowest BCUT2D eigenvalue weighted by atomic mass is 9.85. The number of nitrogens with zero attached hydrogens (tertiary/aromatic N) is 2. The van der Waals surface area contributed by atoms with Gasteiger partial charge in [-0.1, -0.05) is 52.0 Å². The Kier molecular flexibility index (Phi) is 9.13. The van der Waals surface area contributed by atoms with Crippen molar-refractivity contribution in [2.24, 2.45) is 0 Å². The molecule has 2 aliphatic heterocycles. The summed E-state index contributed by atoms with van der Waals surface area (Å²) in [6, 6.07) is 12.8. The molecule has 2 saturated heterocycles. The van der Waals surface area contributed by atoms with Crippen LogP contribution in [0.5, 0.6) is 5.75 Å². The van der Waals surface area contributed by atoms with Gasteiger partial charge in [0.15, 0.2) is 0 Å². The van der Waals surface area contributed by atoms with E-state index in [4.69, 9.17) is 9.47 Å². The van der Waals surface area contributed by atoms with E-state index in [1.165, 1.54) is 0 Å². The molecule has 0 spiro atoms. The van der Waals surface area contributed by atoms with Crippen LogP contribution in [0.3, 0.4) is 0 Å². The van der Waals surface area contributed by atoms with Crippen LogP contribution < -0.4 is 4.74 Å². The predicted octanol–water partition coefficient (Wildman–Crippen LogP) is 5.23. The minimum Gasteiger partial charge on any atom is -0.507 e. The first-order valence-corrected chi connectivity index (χ1v) is 14.0. The number of amides is 1. The number of Topliss-reactive ketones (excluding diaryl/α,β-unsaturated/α-hetero) is 1. The molecule has 0 saturated carbocycles. The van der Waals surface area contributed by atoms with Crippen molar-refractivity contribution in [1.29, 1.82) is 0 Å². The Morgan fingerprint density at radius 1 is 1.05 bits per heavy atom. The standard InChI is InChI=1S/C32H42N2O5/c1-6-18-39-26-13-10-24(21-22(26)2)29(35)27-28(23-8-11-25(12-9-23)32(3,4)5)34(31(37)30(27)36)15-7-14-33-16-19-38-20-17-33/h8-13,21,28,35H,6-7,14-20H2,1-5H3/t28-/m1/s1. The smallest absolute Gasteiger partial charge is 0.295 e. The van der Waals surface area contributed by atoms with Crippen LogP contribution in [0.1, 0.15) is 68.8 Å². The molecule has 2 aromatic rings. The summed E-state index contributed by atoms with van der Waals surface area (Å²) in [6.45, 7) is 15.4. The number of morpholine rings is 1. The van der Waals surface area contributed by atoms with Crippen molar-refractivity contribution < 1.29 is 24.2 Å². The third-order valence-corrected chi connectivity index (χ3v) is 7.52. The highest BCUT2D eigenvalue weighted by Crippen LogP contribution is 2.40. The first-order valence-electron chi connectivity index (χ1n) is 14.0. The first kappa shape index (κ1) is 28.8. The van der Waals surface area contributed by atoms with E-state index in [2.05, 4.69) is 25.7 Å². The maximum atomic E-state index is 13.4. The number of ketones is 1. The van der Waals surface area contributed by atoms with E-state index in [1.54, 1.807) is 11.0 Å². The molecule has 7 nitrogen and oxygen atoms in total. The highest BCUT2D eigenvalue weighted by molar-refractivity contribution is 6.46. The van der Waals surface area contributed by atoms with Gasteiger partial charge in [0.1, 0.15) is 11.5 Å². The Hall–Kier alpha value is -3.16. The van der Waals surface area contributed by atoms with Crippen LogP contribution in [0.4, 0.5) is 0 Å². The predicted molar refractivity (Wildman–Crippen MR) is 153 cm³/mol. The van der Waals surface area contributed by atoms with Gasteiger partial charge in [-0.25, -0.2) is 0 Å². The highest BCUT2D eigenvalue weighted by atomic mass is 16.5. The molecule has 0 radical (unpaired) electrons. The lowest BCUT2D eigenvalue weighted by Crippen LogP contribution is -2.39. The Morgan fingerprint density at radius 3 is 2.36 bits per heavy atom. The largest absolute Gasteiger partial charge is 0.507 e. The van der Waals surface area contributed by atoms with E-state index in [9.17, 15) is 14.7 Å². The first-order chi connectivity index (χ1) is 18.6. The molecule has 0 unspecified atom stereocenters. The summed E-state index contributed by atoms with van der Waals surface area (Å²) in [6.07, 6.45) is 1.62. The number of carbonyl (C=O) groups excluding carboxylic acids is 2. The van der Waals surface area contributed by atoms with Gasteiger partial charge in [0.25, 0.3) is 11.7 Å². The average Bonchev–Trinajstić information content (AvgIpc) is 3.17. The van der Waals surface area contributed by atoms with Gasteiger partial charge in [-0.2, -0.15) is 0 Å². The summed E-state index contributed by atoms with van der Waals surface area (Å²) in [7, 11) is 0. The topological polar surface area (TPSA) is 79.3 Å². The fraction of sp³-hybridized carbons (Fsp3) is 0.500. The Balaban J connectivity index is 1.69. The molecule has 0 bridgehead atoms. The number of hydrogen-bond donors (Lipinski definition) is 1. The normalized spacial score (nSPS) is 20.0. The van der Waals surface area contributed by atoms with Gasteiger partial charge in [-0.3, -0.25) is 14.5 Å². The number of aryl methyl sites for hydroxylation is 1. The van der Waals surface area contributed by atoms with Gasteiger partial charge >= 0.3 is 0 Å². The molecule has 2 fully saturated rings. The van der Waals surface area contributed by atoms with E-state index in [0.717, 1.165) is 54.9 Å². The highest BCUT2D eigenvalue weighted by Gasteiger charge is 2.46. The number of aliphatic hydroxyl groups excluding tert-OH is 1. The summed E-state index contributed by atoms with van der Waals surface area (Å²) in [4.78, 5) is 30.7. The Labute approximate surface area is 232 Å². The van der Waals surface area contributed by atoms with Gasteiger partial charge in [0, 0.05) is 31.7 Å². The summed E-state index contributed by atoms with van der Waals surface area (Å²) in [5.74, 6) is -0.624. The Morgan fingerprint density at radius 2 is 1.74 bits per heavy atom. The average molecular weight is 535 g/mol. The van der Waals surface area contributed by atoms with Crippen LogP contribution in [0.25, 0.3) is 5.76 Å². The number of rotatable bonds is 9. The van der Waals surface area contributed by atoms with E-state index in [1.807, 2.05) is 50.2 Å². The lowest BCUT2D eigenvalue weighted by Gasteiger charge is -2.29. The number of benzene rings is 2. The maximum absolute atomic E-state index is 13.4. The molecule has 2 aliphatic rings. The molecule has 4 rings (SSSR count). The molecule has 0 aliphatic carbocycles. The van der Waals surface area contributed by atoms with Gasteiger partial charge in [-0.05, 0) is 60.1 Å². The van der Waals surface area contributed by atoms with Crippen LogP contribution in [0.15, 0.2) is 48.0 Å². The van der Waals surface area contributed by atoms with E-state index < -0.39 is 17.7 Å². The number of aliphatic hydroxyl groups is 1. The monoisotopic (exact) mass is 534 g/mol. The molecule has 1 amide bonds. The van der Waals surface area contributed by atoms with Crippen molar-refractivity contribution in [2.75, 3.05) is 46.0 Å². The summed E-state index contributed by atoms with van der Waals surface area (Å²) >= 11 is 0. The molecule has 2 aromatic carbocycles. The minimum absolute atomic E-state index is 0.0301. The second-order valence-electron chi connectivity index (χ2n) is 11.5. The number of carbonyl (C=O) groups is 2. The molecule has 1 atom stereocenters. The van der Waals surface area contributed by atoms with Crippen LogP contribution in [-0.4, -0.2) is 72.6 Å². The number of ether oxygens (including phenoxy) is 2. The second kappa shape index (κ2) is 12.3. The van der Waals surface area contributed by atoms with E-state index in [0.29, 0.717) is 31.9 Å². The Bertz CT molecular complexity index is 1210. The quantitative estimate of drug-likeness (QED) is 0.270. The zero-order valence-electron chi connectivity index (χ0n) is 24.0. The SMILES string of the molecule is CCCOc1ccc(C(O)=C2C(=O)C(=O)N(CCCN3CCOCC3)[C@@H]2c2ccc(C(C)(C)C)cc2)cc1C. The van der Waals surface area contributed by atoms with Gasteiger partial charge in [-0.15, -0.1) is 0 Å². The van der Waals surface area contributed by atoms with Gasteiger partial charge in [0.2, 0.25) is 0 Å². The van der Waals surface area contributed by atoms with Crippen molar-refractivity contribution in [3.63, 3.8) is 0 Å². The molecule has 0 aromatic heterocycles. The third kappa shape index (κ3) is 6.53. The summed E-state index contributed by atoms with van der Waals surface area (Å²) in [5.41, 5.74) is 3.44. The van der Waals surface area contributed by atoms with Crippen LogP contribution in [0.2, 0.25) is 0 Å². The molecular weight excluding hydrogens is 492 g/mol. The molecular formula is C32H42N2O5. The lowest BCUT2D eigenvalue weighted by molar-refractivity contribution is -0.140. The summed E-state index contributed by atoms with van der Waals surface area (Å²) in [5, 5.41) is 11.5. The summed E-state index contributed by atoms with van der Waals surface area (Å²) < 4.78 is 11.2. The maximum Gasteiger partial charge on any atom is 0.295 e. The fourth-order valence-electron chi connectivity index (χ4n) is 5.24. The van der Waals surface area contributed by atoms with E-state index in [-0.39, 0.29) is 16.7 Å². The fourth-order valence-corrected chi connectivity index (χ4v) is 5.24. The zero-order chi connectivity index (χ0) is 28.2. The molecule has 39 heavy (non-hydrogen) atoms. The van der Waals surface area contributed by atoms with Crippen molar-refractivity contribution in [1.82, 2.24) is 9.80 Å². The molecule has 1 N–H and O–H groups in total. The second-order valence-corrected chi connectivity index (χ2v) is 11.5. The van der Waals surface area contributed by atoms with Crippen molar-refractivity contribution >= 4 is 17.4 Å². The molecule has 210 valence electrons. The zero-order valence-corrected chi connectivity index (χ0v) is 24.0. The third-order valence-electron chi connectivity index (χ3n) is 7.52. The number of likely N-dealkylation sites (tertiary alicyclic amines) is 1. The molecule has 7 heteroatoms. The van der Waals surface area contributed by atoms with Crippen LogP contribution in [0, 0.1) is 6.92 Å². The van der Waals surface area contributed by atoms with Crippen molar-refractivity contribution in [2.45, 2.75) is 58.9 Å². The van der Waals surface area contributed by atoms with Gasteiger partial charge < -0.3 is 19.5 Å². The molecule has 2 heterocycles. The number of hydrogen-bond acceptors (Lipinski definition) is 6. The van der Waals surface area contributed by atoms with Crippen LogP contribution in [-0.2, 0) is 19.7 Å². The van der Waals surface area contributed by atoms with Gasteiger partial charge in [0.05, 0.1) is 31.4 Å². The minimum atomic E-state index is -0.653. The van der Waals surface area contributed by atoms with E-state index >= 15 is 0 Å².